The molecule has 7 heteroatoms. The van der Waals surface area contributed by atoms with Crippen molar-refractivity contribution in [3.63, 3.8) is 0 Å². The van der Waals surface area contributed by atoms with Gasteiger partial charge in [0.1, 0.15) is 5.75 Å². The quantitative estimate of drug-likeness (QED) is 0.446. The summed E-state index contributed by atoms with van der Waals surface area (Å²) in [5.74, 6) is 0.437. The molecule has 0 aliphatic carbocycles. The molecule has 2 rings (SSSR count). The van der Waals surface area contributed by atoms with Gasteiger partial charge in [0.2, 0.25) is 0 Å². The Labute approximate surface area is 171 Å². The standard InChI is InChI=1S/C18H18ClIN2O2S/c1-3-11(2)24-14-7-4-12(5-8-14)17(23)22-18(25)21-16-9-6-13(20)10-15(16)19/h4-11H,3H2,1-2H3,(H2,21,22,23,25)/t11-/m0/s1. The summed E-state index contributed by atoms with van der Waals surface area (Å²) in [6.07, 6.45) is 1.05. The lowest BCUT2D eigenvalue weighted by Crippen LogP contribution is -2.34. The van der Waals surface area contributed by atoms with Crippen LogP contribution in [0.25, 0.3) is 0 Å². The largest absolute Gasteiger partial charge is 0.491 e. The maximum atomic E-state index is 12.3. The third kappa shape index (κ3) is 6.13. The van der Waals surface area contributed by atoms with E-state index in [1.165, 1.54) is 0 Å². The van der Waals surface area contributed by atoms with Gasteiger partial charge in [-0.3, -0.25) is 10.1 Å². The van der Waals surface area contributed by atoms with Crippen LogP contribution in [-0.4, -0.2) is 17.1 Å². The summed E-state index contributed by atoms with van der Waals surface area (Å²) in [6, 6.07) is 12.5. The summed E-state index contributed by atoms with van der Waals surface area (Å²) in [6.45, 7) is 4.06. The molecule has 0 saturated heterocycles. The second-order valence-corrected chi connectivity index (χ2v) is 7.45. The summed E-state index contributed by atoms with van der Waals surface area (Å²) < 4.78 is 6.71. The molecule has 0 bridgehead atoms. The highest BCUT2D eigenvalue weighted by molar-refractivity contribution is 14.1. The number of nitrogens with one attached hydrogen (secondary N) is 2. The van der Waals surface area contributed by atoms with E-state index in [0.29, 0.717) is 16.3 Å². The van der Waals surface area contributed by atoms with Crippen molar-refractivity contribution in [2.45, 2.75) is 26.4 Å². The number of rotatable bonds is 5. The number of carbonyl (C=O) groups is 1. The SMILES string of the molecule is CC[C@H](C)Oc1ccc(C(=O)NC(=S)Nc2ccc(I)cc2Cl)cc1. The fourth-order valence-electron chi connectivity index (χ4n) is 1.92. The van der Waals surface area contributed by atoms with E-state index in [1.807, 2.05) is 25.1 Å². The highest BCUT2D eigenvalue weighted by Crippen LogP contribution is 2.23. The Kier molecular flexibility index (Phi) is 7.46. The van der Waals surface area contributed by atoms with E-state index in [1.54, 1.807) is 24.3 Å². The molecule has 2 N–H and O–H groups in total. The van der Waals surface area contributed by atoms with Gasteiger partial charge in [0, 0.05) is 9.13 Å². The molecule has 0 unspecified atom stereocenters. The molecule has 0 aliphatic rings. The molecule has 1 amide bonds. The fourth-order valence-corrected chi connectivity index (χ4v) is 3.03. The average Bonchev–Trinajstić information content (AvgIpc) is 2.57. The Balaban J connectivity index is 1.95. The second-order valence-electron chi connectivity index (χ2n) is 5.39. The van der Waals surface area contributed by atoms with Crippen molar-refractivity contribution >= 4 is 63.1 Å². The van der Waals surface area contributed by atoms with Crippen LogP contribution in [0.3, 0.4) is 0 Å². The van der Waals surface area contributed by atoms with Crippen LogP contribution >= 0.6 is 46.4 Å². The Morgan fingerprint density at radius 2 is 1.96 bits per heavy atom. The minimum atomic E-state index is -0.297. The molecule has 0 radical (unpaired) electrons. The molecule has 0 fully saturated rings. The molecule has 0 saturated carbocycles. The van der Waals surface area contributed by atoms with E-state index < -0.39 is 0 Å². The van der Waals surface area contributed by atoms with Crippen molar-refractivity contribution in [1.82, 2.24) is 5.32 Å². The molecular formula is C18H18ClIN2O2S. The smallest absolute Gasteiger partial charge is 0.257 e. The summed E-state index contributed by atoms with van der Waals surface area (Å²) in [5, 5.41) is 6.29. The van der Waals surface area contributed by atoms with Crippen molar-refractivity contribution in [2.75, 3.05) is 5.32 Å². The average molecular weight is 489 g/mol. The van der Waals surface area contributed by atoms with Gasteiger partial charge in [0.15, 0.2) is 5.11 Å². The van der Waals surface area contributed by atoms with Crippen molar-refractivity contribution in [1.29, 1.82) is 0 Å². The fraction of sp³-hybridized carbons (Fsp3) is 0.222. The van der Waals surface area contributed by atoms with E-state index in [9.17, 15) is 4.79 Å². The zero-order valence-electron chi connectivity index (χ0n) is 13.8. The maximum absolute atomic E-state index is 12.3. The first-order chi connectivity index (χ1) is 11.9. The molecule has 2 aromatic rings. The van der Waals surface area contributed by atoms with Crippen molar-refractivity contribution in [3.05, 3.63) is 56.6 Å². The van der Waals surface area contributed by atoms with E-state index in [-0.39, 0.29) is 17.1 Å². The van der Waals surface area contributed by atoms with Crippen LogP contribution < -0.4 is 15.4 Å². The number of ether oxygens (including phenoxy) is 1. The number of hydrogen-bond acceptors (Lipinski definition) is 3. The van der Waals surface area contributed by atoms with Gasteiger partial charge in [0.25, 0.3) is 5.91 Å². The van der Waals surface area contributed by atoms with Crippen molar-refractivity contribution in [2.24, 2.45) is 0 Å². The van der Waals surface area contributed by atoms with Gasteiger partial charge in [-0.15, -0.1) is 0 Å². The van der Waals surface area contributed by atoms with Crippen molar-refractivity contribution in [3.8, 4) is 5.75 Å². The summed E-state index contributed by atoms with van der Waals surface area (Å²) in [4.78, 5) is 12.3. The lowest BCUT2D eigenvalue weighted by atomic mass is 10.2. The van der Waals surface area contributed by atoms with Gasteiger partial charge in [-0.25, -0.2) is 0 Å². The maximum Gasteiger partial charge on any atom is 0.257 e. The van der Waals surface area contributed by atoms with Crippen LogP contribution in [0.2, 0.25) is 5.02 Å². The predicted octanol–water partition coefficient (Wildman–Crippen LogP) is 5.25. The van der Waals surface area contributed by atoms with Crippen LogP contribution in [0.4, 0.5) is 5.69 Å². The lowest BCUT2D eigenvalue weighted by molar-refractivity contribution is 0.0977. The van der Waals surface area contributed by atoms with Gasteiger partial charge in [-0.1, -0.05) is 18.5 Å². The number of benzene rings is 2. The third-order valence-electron chi connectivity index (χ3n) is 3.44. The molecule has 0 aromatic heterocycles. The number of halogens is 2. The number of carbonyl (C=O) groups excluding carboxylic acids is 1. The Morgan fingerprint density at radius 3 is 2.56 bits per heavy atom. The van der Waals surface area contributed by atoms with Crippen LogP contribution in [0.15, 0.2) is 42.5 Å². The number of thiocarbonyl (C=S) groups is 1. The van der Waals surface area contributed by atoms with E-state index in [0.717, 1.165) is 15.7 Å². The van der Waals surface area contributed by atoms with Crippen LogP contribution in [0.5, 0.6) is 5.75 Å². The normalized spacial score (nSPS) is 11.5. The lowest BCUT2D eigenvalue weighted by Gasteiger charge is -2.13. The predicted molar refractivity (Wildman–Crippen MR) is 115 cm³/mol. The second kappa shape index (κ2) is 9.35. The molecule has 2 aromatic carbocycles. The van der Waals surface area contributed by atoms with Crippen LogP contribution in [0.1, 0.15) is 30.6 Å². The Morgan fingerprint density at radius 1 is 1.28 bits per heavy atom. The molecule has 25 heavy (non-hydrogen) atoms. The first-order valence-corrected chi connectivity index (χ1v) is 9.59. The van der Waals surface area contributed by atoms with E-state index in [2.05, 4.69) is 40.1 Å². The van der Waals surface area contributed by atoms with Crippen LogP contribution in [0, 0.1) is 3.57 Å². The summed E-state index contributed by atoms with van der Waals surface area (Å²) >= 11 is 13.5. The highest BCUT2D eigenvalue weighted by Gasteiger charge is 2.10. The summed E-state index contributed by atoms with van der Waals surface area (Å²) in [7, 11) is 0. The molecule has 0 spiro atoms. The number of amides is 1. The first-order valence-electron chi connectivity index (χ1n) is 7.73. The molecule has 132 valence electrons. The number of anilines is 1. The Hall–Kier alpha value is -1.38. The molecule has 1 atom stereocenters. The highest BCUT2D eigenvalue weighted by atomic mass is 127. The number of hydrogen-bond donors (Lipinski definition) is 2. The topological polar surface area (TPSA) is 50.4 Å². The molecule has 0 heterocycles. The minimum Gasteiger partial charge on any atom is -0.491 e. The zero-order valence-corrected chi connectivity index (χ0v) is 17.5. The minimum absolute atomic E-state index is 0.134. The van der Waals surface area contributed by atoms with Crippen LogP contribution in [-0.2, 0) is 0 Å². The molecule has 4 nitrogen and oxygen atoms in total. The molecule has 0 aliphatic heterocycles. The van der Waals surface area contributed by atoms with Gasteiger partial charge in [-0.2, -0.15) is 0 Å². The van der Waals surface area contributed by atoms with E-state index >= 15 is 0 Å². The first kappa shape index (κ1) is 19.9. The van der Waals surface area contributed by atoms with Gasteiger partial charge < -0.3 is 10.1 Å². The zero-order chi connectivity index (χ0) is 18.4. The third-order valence-corrected chi connectivity index (χ3v) is 4.62. The summed E-state index contributed by atoms with van der Waals surface area (Å²) in [5.41, 5.74) is 1.14. The van der Waals surface area contributed by atoms with Crippen molar-refractivity contribution < 1.29 is 9.53 Å². The molecular weight excluding hydrogens is 471 g/mol. The monoisotopic (exact) mass is 488 g/mol. The van der Waals surface area contributed by atoms with E-state index in [4.69, 9.17) is 28.6 Å². The Bertz CT molecular complexity index is 768. The van der Waals surface area contributed by atoms with Gasteiger partial charge in [0.05, 0.1) is 16.8 Å². The van der Waals surface area contributed by atoms with Gasteiger partial charge in [-0.05, 0) is 90.6 Å². The van der Waals surface area contributed by atoms with Gasteiger partial charge >= 0.3 is 0 Å².